The maximum Gasteiger partial charge on any atom is 0.0317 e. The molecule has 0 spiro atoms. The van der Waals surface area contributed by atoms with Crippen LogP contribution in [0.2, 0.25) is 0 Å². The minimum atomic E-state index is 0.658. The molecule has 0 aromatic heterocycles. The molecule has 1 heterocycles. The highest BCUT2D eigenvalue weighted by atomic mass is 32.2. The highest BCUT2D eigenvalue weighted by Crippen LogP contribution is 2.41. The zero-order valence-corrected chi connectivity index (χ0v) is 13.4. The number of benzene rings is 1. The second-order valence-electron chi connectivity index (χ2n) is 5.64. The molecule has 3 heteroatoms. The van der Waals surface area contributed by atoms with Crippen LogP contribution in [0.1, 0.15) is 30.4 Å². The van der Waals surface area contributed by atoms with Crippen LogP contribution in [0.3, 0.4) is 0 Å². The van der Waals surface area contributed by atoms with Crippen molar-refractivity contribution in [2.75, 3.05) is 18.6 Å². The molecule has 1 N–H and O–H groups in total. The standard InChI is InChI=1S/C16H23NS2/c1-11-16(19-8-7-18-11)15(17-2)10-13-9-12-5-3-4-6-14(12)13/h3-6,11,13,15-17H,7-10H2,1-2H3. The van der Waals surface area contributed by atoms with Crippen molar-refractivity contribution in [3.63, 3.8) is 0 Å². The normalized spacial score (nSPS) is 31.4. The van der Waals surface area contributed by atoms with Crippen molar-refractivity contribution in [2.24, 2.45) is 0 Å². The summed E-state index contributed by atoms with van der Waals surface area (Å²) in [4.78, 5) is 0. The Morgan fingerprint density at radius 2 is 2.05 bits per heavy atom. The molecule has 0 bridgehead atoms. The van der Waals surface area contributed by atoms with E-state index < -0.39 is 0 Å². The predicted octanol–water partition coefficient (Wildman–Crippen LogP) is 3.54. The van der Waals surface area contributed by atoms with Crippen molar-refractivity contribution in [2.45, 2.75) is 42.2 Å². The maximum absolute atomic E-state index is 3.60. The molecule has 104 valence electrons. The summed E-state index contributed by atoms with van der Waals surface area (Å²) < 4.78 is 0. The van der Waals surface area contributed by atoms with E-state index >= 15 is 0 Å². The summed E-state index contributed by atoms with van der Waals surface area (Å²) in [7, 11) is 2.14. The third kappa shape index (κ3) is 2.84. The van der Waals surface area contributed by atoms with Crippen LogP contribution in [-0.4, -0.2) is 35.1 Å². The molecule has 2 aliphatic rings. The van der Waals surface area contributed by atoms with E-state index in [0.717, 1.165) is 16.4 Å². The Morgan fingerprint density at radius 1 is 1.26 bits per heavy atom. The Balaban J connectivity index is 1.65. The van der Waals surface area contributed by atoms with Crippen molar-refractivity contribution >= 4 is 23.5 Å². The minimum absolute atomic E-state index is 0.658. The molecule has 0 amide bonds. The number of rotatable bonds is 4. The van der Waals surface area contributed by atoms with Crippen LogP contribution in [0.5, 0.6) is 0 Å². The number of fused-ring (bicyclic) bond motifs is 1. The molecule has 0 radical (unpaired) electrons. The molecule has 0 saturated carbocycles. The van der Waals surface area contributed by atoms with Crippen LogP contribution in [0.15, 0.2) is 24.3 Å². The molecule has 1 saturated heterocycles. The lowest BCUT2D eigenvalue weighted by Gasteiger charge is -2.39. The fraction of sp³-hybridized carbons (Fsp3) is 0.625. The number of hydrogen-bond acceptors (Lipinski definition) is 3. The lowest BCUT2D eigenvalue weighted by Crippen LogP contribution is -2.44. The van der Waals surface area contributed by atoms with E-state index in [-0.39, 0.29) is 0 Å². The predicted molar refractivity (Wildman–Crippen MR) is 88.5 cm³/mol. The lowest BCUT2D eigenvalue weighted by molar-refractivity contribution is 0.427. The molecule has 1 aromatic rings. The van der Waals surface area contributed by atoms with Gasteiger partial charge >= 0.3 is 0 Å². The summed E-state index contributed by atoms with van der Waals surface area (Å²) in [5.74, 6) is 3.43. The maximum atomic E-state index is 3.60. The third-order valence-corrected chi connectivity index (χ3v) is 7.76. The van der Waals surface area contributed by atoms with Gasteiger partial charge in [0.2, 0.25) is 0 Å². The largest absolute Gasteiger partial charge is 0.316 e. The minimum Gasteiger partial charge on any atom is -0.316 e. The van der Waals surface area contributed by atoms with Crippen LogP contribution < -0.4 is 5.32 Å². The van der Waals surface area contributed by atoms with Crippen molar-refractivity contribution in [1.82, 2.24) is 5.32 Å². The van der Waals surface area contributed by atoms with Crippen molar-refractivity contribution < 1.29 is 0 Å². The summed E-state index contributed by atoms with van der Waals surface area (Å²) in [6.07, 6.45) is 2.59. The first kappa shape index (κ1) is 13.8. The molecule has 3 rings (SSSR count). The second kappa shape index (κ2) is 6.11. The van der Waals surface area contributed by atoms with Crippen molar-refractivity contribution in [1.29, 1.82) is 0 Å². The van der Waals surface area contributed by atoms with Gasteiger partial charge in [0, 0.05) is 28.0 Å². The molecule has 1 fully saturated rings. The monoisotopic (exact) mass is 293 g/mol. The van der Waals surface area contributed by atoms with Crippen LogP contribution in [0, 0.1) is 0 Å². The number of hydrogen-bond donors (Lipinski definition) is 1. The molecule has 1 aliphatic carbocycles. The van der Waals surface area contributed by atoms with Gasteiger partial charge < -0.3 is 5.32 Å². The average molecular weight is 294 g/mol. The van der Waals surface area contributed by atoms with E-state index in [1.807, 2.05) is 0 Å². The molecule has 1 aromatic carbocycles. The van der Waals surface area contributed by atoms with Crippen molar-refractivity contribution in [3.05, 3.63) is 35.4 Å². The number of thioether (sulfide) groups is 2. The third-order valence-electron chi connectivity index (χ3n) is 4.50. The van der Waals surface area contributed by atoms with Crippen LogP contribution in [0.4, 0.5) is 0 Å². The first-order chi connectivity index (χ1) is 9.29. The molecule has 1 aliphatic heterocycles. The quantitative estimate of drug-likeness (QED) is 0.912. The summed E-state index contributed by atoms with van der Waals surface area (Å²) in [6.45, 7) is 2.40. The van der Waals surface area contributed by atoms with Gasteiger partial charge in [-0.25, -0.2) is 0 Å². The van der Waals surface area contributed by atoms with Crippen LogP contribution in [-0.2, 0) is 6.42 Å². The van der Waals surface area contributed by atoms with Gasteiger partial charge in [-0.05, 0) is 36.9 Å². The fourth-order valence-electron chi connectivity index (χ4n) is 3.39. The van der Waals surface area contributed by atoms with Gasteiger partial charge in [-0.15, -0.1) is 0 Å². The summed E-state index contributed by atoms with van der Waals surface area (Å²) in [5.41, 5.74) is 3.17. The van der Waals surface area contributed by atoms with E-state index in [9.17, 15) is 0 Å². The Labute approximate surface area is 125 Å². The zero-order valence-electron chi connectivity index (χ0n) is 11.8. The topological polar surface area (TPSA) is 12.0 Å². The molecular formula is C16H23NS2. The molecule has 4 unspecified atom stereocenters. The second-order valence-corrected chi connectivity index (χ2v) is 8.41. The average Bonchev–Trinajstić information content (AvgIpc) is 2.42. The van der Waals surface area contributed by atoms with E-state index in [2.05, 4.69) is 67.1 Å². The van der Waals surface area contributed by atoms with Gasteiger partial charge in [0.05, 0.1) is 0 Å². The Kier molecular flexibility index (Phi) is 4.45. The SMILES string of the molecule is CNC(CC1Cc2ccccc21)C1SCCSC1C. The Hall–Kier alpha value is -0.120. The van der Waals surface area contributed by atoms with Crippen LogP contribution >= 0.6 is 23.5 Å². The number of nitrogens with one attached hydrogen (secondary N) is 1. The molecule has 19 heavy (non-hydrogen) atoms. The van der Waals surface area contributed by atoms with Crippen molar-refractivity contribution in [3.8, 4) is 0 Å². The van der Waals surface area contributed by atoms with Crippen LogP contribution in [0.25, 0.3) is 0 Å². The van der Waals surface area contributed by atoms with E-state index in [4.69, 9.17) is 0 Å². The highest BCUT2D eigenvalue weighted by molar-refractivity contribution is 8.07. The van der Waals surface area contributed by atoms with Gasteiger partial charge in [-0.2, -0.15) is 23.5 Å². The van der Waals surface area contributed by atoms with Gasteiger partial charge in [0.25, 0.3) is 0 Å². The van der Waals surface area contributed by atoms with Gasteiger partial charge in [0.15, 0.2) is 0 Å². The Morgan fingerprint density at radius 3 is 2.79 bits per heavy atom. The fourth-order valence-corrected chi connectivity index (χ4v) is 6.40. The first-order valence-corrected chi connectivity index (χ1v) is 9.37. The van der Waals surface area contributed by atoms with E-state index in [1.54, 1.807) is 11.1 Å². The van der Waals surface area contributed by atoms with E-state index in [0.29, 0.717) is 6.04 Å². The molecule has 1 nitrogen and oxygen atoms in total. The summed E-state index contributed by atoms with van der Waals surface area (Å²) in [6, 6.07) is 9.62. The summed E-state index contributed by atoms with van der Waals surface area (Å²) >= 11 is 4.33. The smallest absolute Gasteiger partial charge is 0.0317 e. The summed E-state index contributed by atoms with van der Waals surface area (Å²) in [5, 5.41) is 5.16. The zero-order chi connectivity index (χ0) is 13.2. The van der Waals surface area contributed by atoms with Gasteiger partial charge in [-0.1, -0.05) is 31.2 Å². The van der Waals surface area contributed by atoms with E-state index in [1.165, 1.54) is 24.3 Å². The Bertz CT molecular complexity index is 435. The van der Waals surface area contributed by atoms with Gasteiger partial charge in [0.1, 0.15) is 0 Å². The molecular weight excluding hydrogens is 270 g/mol. The van der Waals surface area contributed by atoms with Gasteiger partial charge in [-0.3, -0.25) is 0 Å². The first-order valence-electron chi connectivity index (χ1n) is 7.28. The molecule has 4 atom stereocenters. The lowest BCUT2D eigenvalue weighted by atomic mass is 9.74. The highest BCUT2D eigenvalue weighted by Gasteiger charge is 2.34.